The molecule has 2 amide bonds. The van der Waals surface area contributed by atoms with E-state index in [1.165, 1.54) is 24.5 Å². The number of rotatable bonds is 6. The fourth-order valence-electron chi connectivity index (χ4n) is 3.85. The van der Waals surface area contributed by atoms with Crippen molar-refractivity contribution in [3.8, 4) is 0 Å². The summed E-state index contributed by atoms with van der Waals surface area (Å²) in [6.07, 6.45) is 7.62. The third-order valence-electron chi connectivity index (χ3n) is 5.97. The summed E-state index contributed by atoms with van der Waals surface area (Å²) in [6, 6.07) is 10.1. The molecule has 1 unspecified atom stereocenters. The Morgan fingerprint density at radius 3 is 2.73 bits per heavy atom. The molecule has 1 fully saturated rings. The minimum atomic E-state index is -0.274. The lowest BCUT2D eigenvalue weighted by atomic mass is 9.95. The van der Waals surface area contributed by atoms with Gasteiger partial charge < -0.3 is 10.2 Å². The molecule has 1 atom stereocenters. The molecule has 0 radical (unpaired) electrons. The van der Waals surface area contributed by atoms with Gasteiger partial charge in [-0.15, -0.1) is 0 Å². The van der Waals surface area contributed by atoms with E-state index in [-0.39, 0.29) is 17.7 Å². The number of aromatic amines is 1. The van der Waals surface area contributed by atoms with Crippen molar-refractivity contribution in [1.82, 2.24) is 15.1 Å². The zero-order chi connectivity index (χ0) is 21.1. The zero-order valence-corrected chi connectivity index (χ0v) is 17.4. The van der Waals surface area contributed by atoms with Gasteiger partial charge in [0.15, 0.2) is 5.82 Å². The van der Waals surface area contributed by atoms with Crippen molar-refractivity contribution in [1.29, 1.82) is 0 Å². The zero-order valence-electron chi connectivity index (χ0n) is 17.4. The number of aromatic nitrogens is 2. The van der Waals surface area contributed by atoms with Gasteiger partial charge in [0, 0.05) is 30.8 Å². The predicted octanol–water partition coefficient (Wildman–Crippen LogP) is 4.22. The molecule has 2 heterocycles. The Bertz CT molecular complexity index is 969. The maximum atomic E-state index is 12.6. The minimum absolute atomic E-state index is 0.0130. The minimum Gasteiger partial charge on any atom is -0.339 e. The van der Waals surface area contributed by atoms with Gasteiger partial charge in [-0.25, -0.2) is 0 Å². The molecule has 2 aliphatic rings. The van der Waals surface area contributed by atoms with Crippen LogP contribution in [0.2, 0.25) is 0 Å². The number of amides is 2. The Morgan fingerprint density at radius 1 is 1.27 bits per heavy atom. The Kier molecular flexibility index (Phi) is 5.84. The number of carbonyl (C=O) groups is 2. The molecule has 6 nitrogen and oxygen atoms in total. The Labute approximate surface area is 177 Å². The molecule has 1 aromatic carbocycles. The lowest BCUT2D eigenvalue weighted by Gasteiger charge is -2.18. The first-order valence-electron chi connectivity index (χ1n) is 10.6. The Morgan fingerprint density at radius 2 is 2.03 bits per heavy atom. The van der Waals surface area contributed by atoms with Crippen LogP contribution in [0.3, 0.4) is 0 Å². The van der Waals surface area contributed by atoms with E-state index in [1.807, 2.05) is 30.0 Å². The SMILES string of the molecule is C=CC(=O)N1CCC=C(c2ccc(C(C)C(=O)Nc3cc(C4CC4)[nH]n3)cc2)CC1. The standard InChI is InChI=1S/C24H28N4O2/c1-3-23(29)28-13-4-5-18(12-14-28)19-8-6-17(7-9-19)16(2)24(30)25-22-15-21(26-27-22)20-10-11-20/h3,5-9,15-16,20H,1,4,10-14H2,2H3,(H2,25,26,27,30). The number of hydrogen-bond acceptors (Lipinski definition) is 3. The van der Waals surface area contributed by atoms with Crippen LogP contribution in [0.15, 0.2) is 49.1 Å². The molecule has 2 N–H and O–H groups in total. The van der Waals surface area contributed by atoms with Crippen LogP contribution in [0.4, 0.5) is 5.82 Å². The van der Waals surface area contributed by atoms with Gasteiger partial charge in [0.05, 0.1) is 5.92 Å². The molecule has 4 rings (SSSR count). The van der Waals surface area contributed by atoms with Crippen molar-refractivity contribution in [2.75, 3.05) is 18.4 Å². The van der Waals surface area contributed by atoms with Crippen LogP contribution < -0.4 is 5.32 Å². The third kappa shape index (κ3) is 4.53. The highest BCUT2D eigenvalue weighted by Crippen LogP contribution is 2.39. The second-order valence-corrected chi connectivity index (χ2v) is 8.11. The molecular formula is C24H28N4O2. The van der Waals surface area contributed by atoms with Crippen LogP contribution in [0.1, 0.15) is 61.3 Å². The quantitative estimate of drug-likeness (QED) is 0.708. The number of nitrogens with one attached hydrogen (secondary N) is 2. The summed E-state index contributed by atoms with van der Waals surface area (Å²) in [5.41, 5.74) is 4.45. The number of anilines is 1. The molecule has 6 heteroatoms. The molecule has 0 bridgehead atoms. The topological polar surface area (TPSA) is 78.1 Å². The van der Waals surface area contributed by atoms with Crippen LogP contribution in [0.25, 0.3) is 5.57 Å². The van der Waals surface area contributed by atoms with Crippen molar-refractivity contribution < 1.29 is 9.59 Å². The highest BCUT2D eigenvalue weighted by molar-refractivity contribution is 5.95. The van der Waals surface area contributed by atoms with Crippen LogP contribution in [0, 0.1) is 0 Å². The average molecular weight is 405 g/mol. The second kappa shape index (κ2) is 8.69. The van der Waals surface area contributed by atoms with Gasteiger partial charge in [-0.2, -0.15) is 5.10 Å². The van der Waals surface area contributed by atoms with Gasteiger partial charge in [-0.3, -0.25) is 14.7 Å². The van der Waals surface area contributed by atoms with Crippen LogP contribution >= 0.6 is 0 Å². The number of nitrogens with zero attached hydrogens (tertiary/aromatic N) is 2. The van der Waals surface area contributed by atoms with Gasteiger partial charge in [0.2, 0.25) is 11.8 Å². The fraction of sp³-hybridized carbons (Fsp3) is 0.375. The molecule has 0 spiro atoms. The monoisotopic (exact) mass is 404 g/mol. The molecule has 1 aromatic heterocycles. The van der Waals surface area contributed by atoms with E-state index in [2.05, 4.69) is 40.3 Å². The van der Waals surface area contributed by atoms with Crippen LogP contribution in [-0.2, 0) is 9.59 Å². The molecule has 1 aliphatic heterocycles. The maximum absolute atomic E-state index is 12.6. The molecule has 30 heavy (non-hydrogen) atoms. The summed E-state index contributed by atoms with van der Waals surface area (Å²) >= 11 is 0. The molecular weight excluding hydrogens is 376 g/mol. The number of carbonyl (C=O) groups excluding carboxylic acids is 2. The van der Waals surface area contributed by atoms with E-state index in [9.17, 15) is 9.59 Å². The second-order valence-electron chi connectivity index (χ2n) is 8.11. The summed E-state index contributed by atoms with van der Waals surface area (Å²) in [5.74, 6) is 0.815. The van der Waals surface area contributed by atoms with Crippen molar-refractivity contribution in [2.24, 2.45) is 0 Å². The highest BCUT2D eigenvalue weighted by Gasteiger charge is 2.26. The lowest BCUT2D eigenvalue weighted by Crippen LogP contribution is -2.30. The summed E-state index contributed by atoms with van der Waals surface area (Å²) in [4.78, 5) is 26.3. The van der Waals surface area contributed by atoms with Gasteiger partial charge in [0.25, 0.3) is 0 Å². The highest BCUT2D eigenvalue weighted by atomic mass is 16.2. The lowest BCUT2D eigenvalue weighted by molar-refractivity contribution is -0.125. The van der Waals surface area contributed by atoms with Gasteiger partial charge in [0.1, 0.15) is 0 Å². The van der Waals surface area contributed by atoms with Crippen molar-refractivity contribution in [3.05, 3.63) is 65.9 Å². The fourth-order valence-corrected chi connectivity index (χ4v) is 3.85. The van der Waals surface area contributed by atoms with E-state index in [0.29, 0.717) is 18.3 Å². The third-order valence-corrected chi connectivity index (χ3v) is 5.97. The predicted molar refractivity (Wildman–Crippen MR) is 118 cm³/mol. The molecule has 1 saturated carbocycles. The summed E-state index contributed by atoms with van der Waals surface area (Å²) < 4.78 is 0. The summed E-state index contributed by atoms with van der Waals surface area (Å²) in [6.45, 7) is 6.90. The van der Waals surface area contributed by atoms with Gasteiger partial charge >= 0.3 is 0 Å². The Hall–Kier alpha value is -3.15. The average Bonchev–Trinajstić information content (AvgIpc) is 3.56. The van der Waals surface area contributed by atoms with Crippen molar-refractivity contribution in [2.45, 2.75) is 44.4 Å². The van der Waals surface area contributed by atoms with E-state index in [0.717, 1.165) is 36.2 Å². The normalized spacial score (nSPS) is 17.6. The van der Waals surface area contributed by atoms with E-state index in [4.69, 9.17) is 0 Å². The number of hydrogen-bond donors (Lipinski definition) is 2. The van der Waals surface area contributed by atoms with E-state index >= 15 is 0 Å². The number of benzene rings is 1. The molecule has 156 valence electrons. The molecule has 1 aliphatic carbocycles. The summed E-state index contributed by atoms with van der Waals surface area (Å²) in [5, 5.41) is 10.1. The molecule has 0 saturated heterocycles. The van der Waals surface area contributed by atoms with Crippen LogP contribution in [0.5, 0.6) is 0 Å². The molecule has 2 aromatic rings. The van der Waals surface area contributed by atoms with Gasteiger partial charge in [-0.1, -0.05) is 36.9 Å². The summed E-state index contributed by atoms with van der Waals surface area (Å²) in [7, 11) is 0. The van der Waals surface area contributed by atoms with Crippen LogP contribution in [-0.4, -0.2) is 40.0 Å². The number of H-pyrrole nitrogens is 1. The van der Waals surface area contributed by atoms with E-state index in [1.54, 1.807) is 0 Å². The largest absolute Gasteiger partial charge is 0.339 e. The van der Waals surface area contributed by atoms with Gasteiger partial charge in [-0.05, 0) is 55.4 Å². The first-order chi connectivity index (χ1) is 14.5. The van der Waals surface area contributed by atoms with Crippen molar-refractivity contribution >= 4 is 23.2 Å². The maximum Gasteiger partial charge on any atom is 0.245 e. The smallest absolute Gasteiger partial charge is 0.245 e. The first kappa shape index (κ1) is 20.1. The Balaban J connectivity index is 1.37. The van der Waals surface area contributed by atoms with E-state index < -0.39 is 0 Å². The van der Waals surface area contributed by atoms with Crippen molar-refractivity contribution in [3.63, 3.8) is 0 Å². The first-order valence-corrected chi connectivity index (χ1v) is 10.6.